The van der Waals surface area contributed by atoms with E-state index in [1.165, 1.54) is 6.08 Å². The number of hydrogen-bond donors (Lipinski definition) is 3. The lowest BCUT2D eigenvalue weighted by Gasteiger charge is -2.20. The number of rotatable bonds is 3. The third-order valence-corrected chi connectivity index (χ3v) is 1.79. The summed E-state index contributed by atoms with van der Waals surface area (Å²) in [5, 5.41) is 2.04. The number of nitrogens with two attached hydrogens (primary N) is 1. The molecule has 0 bridgehead atoms. The van der Waals surface area contributed by atoms with E-state index in [0.717, 1.165) is 4.90 Å². The SMILES string of the molecule is C=CC(C(=O)NN)N1CC(=O)NC1=O. The van der Waals surface area contributed by atoms with Gasteiger partial charge in [0, 0.05) is 0 Å². The Labute approximate surface area is 79.9 Å². The molecule has 0 spiro atoms. The van der Waals surface area contributed by atoms with Crippen molar-refractivity contribution in [1.29, 1.82) is 0 Å². The first-order valence-electron chi connectivity index (χ1n) is 3.83. The molecule has 1 heterocycles. The first kappa shape index (κ1) is 10.2. The zero-order valence-corrected chi connectivity index (χ0v) is 7.32. The van der Waals surface area contributed by atoms with Gasteiger partial charge >= 0.3 is 6.03 Å². The van der Waals surface area contributed by atoms with Gasteiger partial charge in [-0.25, -0.2) is 10.6 Å². The lowest BCUT2D eigenvalue weighted by atomic mass is 10.2. The highest BCUT2D eigenvalue weighted by atomic mass is 16.2. The van der Waals surface area contributed by atoms with Crippen LogP contribution in [0.25, 0.3) is 0 Å². The Morgan fingerprint density at radius 2 is 2.36 bits per heavy atom. The molecule has 0 aromatic rings. The van der Waals surface area contributed by atoms with Crippen LogP contribution in [0.2, 0.25) is 0 Å². The summed E-state index contributed by atoms with van der Waals surface area (Å²) in [7, 11) is 0. The molecular formula is C7H10N4O3. The van der Waals surface area contributed by atoms with Gasteiger partial charge in [0.1, 0.15) is 12.6 Å². The van der Waals surface area contributed by atoms with Crippen molar-refractivity contribution in [2.75, 3.05) is 6.54 Å². The van der Waals surface area contributed by atoms with Crippen LogP contribution in [0.4, 0.5) is 4.79 Å². The molecular weight excluding hydrogens is 188 g/mol. The molecule has 1 aliphatic heterocycles. The summed E-state index contributed by atoms with van der Waals surface area (Å²) in [5.41, 5.74) is 1.89. The van der Waals surface area contributed by atoms with Gasteiger partial charge in [-0.15, -0.1) is 6.58 Å². The van der Waals surface area contributed by atoms with Crippen LogP contribution in [0.1, 0.15) is 0 Å². The average Bonchev–Trinajstić information content (AvgIpc) is 2.47. The monoisotopic (exact) mass is 198 g/mol. The number of hydrogen-bond acceptors (Lipinski definition) is 4. The minimum absolute atomic E-state index is 0.164. The average molecular weight is 198 g/mol. The van der Waals surface area contributed by atoms with Crippen LogP contribution < -0.4 is 16.6 Å². The van der Waals surface area contributed by atoms with Crippen molar-refractivity contribution in [3.8, 4) is 0 Å². The standard InChI is InChI=1S/C7H10N4O3/c1-2-4(6(13)10-8)11-3-5(12)9-7(11)14/h2,4H,1,3,8H2,(H,10,13)(H,9,12,14). The quantitative estimate of drug-likeness (QED) is 0.162. The van der Waals surface area contributed by atoms with Crippen molar-refractivity contribution in [2.24, 2.45) is 5.84 Å². The van der Waals surface area contributed by atoms with Crippen LogP contribution in [0, 0.1) is 0 Å². The number of imide groups is 1. The maximum absolute atomic E-state index is 11.1. The Balaban J connectivity index is 2.80. The van der Waals surface area contributed by atoms with Crippen LogP contribution in [0.3, 0.4) is 0 Å². The van der Waals surface area contributed by atoms with Gasteiger partial charge < -0.3 is 0 Å². The summed E-state index contributed by atoms with van der Waals surface area (Å²) >= 11 is 0. The van der Waals surface area contributed by atoms with E-state index < -0.39 is 23.9 Å². The second kappa shape index (κ2) is 3.88. The fourth-order valence-corrected chi connectivity index (χ4v) is 1.14. The second-order valence-electron chi connectivity index (χ2n) is 2.67. The van der Waals surface area contributed by atoms with Crippen molar-refractivity contribution in [3.05, 3.63) is 12.7 Å². The third-order valence-electron chi connectivity index (χ3n) is 1.79. The van der Waals surface area contributed by atoms with E-state index in [2.05, 4.69) is 6.58 Å². The highest BCUT2D eigenvalue weighted by Gasteiger charge is 2.34. The topological polar surface area (TPSA) is 105 Å². The third kappa shape index (κ3) is 1.72. The summed E-state index contributed by atoms with van der Waals surface area (Å²) in [6.07, 6.45) is 1.24. The fraction of sp³-hybridized carbons (Fsp3) is 0.286. The molecule has 1 unspecified atom stereocenters. The van der Waals surface area contributed by atoms with Gasteiger partial charge in [0.2, 0.25) is 5.91 Å². The van der Waals surface area contributed by atoms with Crippen molar-refractivity contribution in [3.63, 3.8) is 0 Å². The number of amides is 4. The van der Waals surface area contributed by atoms with E-state index >= 15 is 0 Å². The fourth-order valence-electron chi connectivity index (χ4n) is 1.14. The lowest BCUT2D eigenvalue weighted by Crippen LogP contribution is -2.49. The second-order valence-corrected chi connectivity index (χ2v) is 2.67. The van der Waals surface area contributed by atoms with E-state index in [9.17, 15) is 14.4 Å². The predicted molar refractivity (Wildman–Crippen MR) is 46.6 cm³/mol. The van der Waals surface area contributed by atoms with E-state index in [4.69, 9.17) is 5.84 Å². The first-order chi connectivity index (χ1) is 6.60. The molecule has 1 aliphatic rings. The molecule has 1 rings (SSSR count). The molecule has 4 amide bonds. The van der Waals surface area contributed by atoms with E-state index in [1.54, 1.807) is 0 Å². The maximum atomic E-state index is 11.1. The number of urea groups is 1. The Bertz CT molecular complexity index is 301. The number of hydrazine groups is 1. The minimum atomic E-state index is -0.925. The summed E-state index contributed by atoms with van der Waals surface area (Å²) < 4.78 is 0. The molecule has 0 saturated carbocycles. The summed E-state index contributed by atoms with van der Waals surface area (Å²) in [6.45, 7) is 3.22. The van der Waals surface area contributed by atoms with Gasteiger partial charge in [-0.2, -0.15) is 0 Å². The van der Waals surface area contributed by atoms with Crippen LogP contribution in [0.5, 0.6) is 0 Å². The van der Waals surface area contributed by atoms with Gasteiger partial charge in [-0.3, -0.25) is 25.2 Å². The molecule has 1 fully saturated rings. The van der Waals surface area contributed by atoms with Crippen LogP contribution >= 0.6 is 0 Å². The van der Waals surface area contributed by atoms with E-state index in [-0.39, 0.29) is 6.54 Å². The van der Waals surface area contributed by atoms with E-state index in [1.807, 2.05) is 10.7 Å². The lowest BCUT2D eigenvalue weighted by molar-refractivity contribution is -0.124. The molecule has 4 N–H and O–H groups in total. The number of nitrogens with zero attached hydrogens (tertiary/aromatic N) is 1. The zero-order valence-electron chi connectivity index (χ0n) is 7.32. The summed E-state index contributed by atoms with van der Waals surface area (Å²) in [5.74, 6) is 3.86. The highest BCUT2D eigenvalue weighted by molar-refractivity contribution is 6.04. The van der Waals surface area contributed by atoms with Crippen molar-refractivity contribution >= 4 is 17.8 Å². The van der Waals surface area contributed by atoms with Gasteiger partial charge in [0.25, 0.3) is 5.91 Å². The van der Waals surface area contributed by atoms with Crippen molar-refractivity contribution in [1.82, 2.24) is 15.6 Å². The van der Waals surface area contributed by atoms with Gasteiger partial charge in [-0.05, 0) is 0 Å². The highest BCUT2D eigenvalue weighted by Crippen LogP contribution is 2.06. The zero-order chi connectivity index (χ0) is 10.7. The molecule has 7 nitrogen and oxygen atoms in total. The van der Waals surface area contributed by atoms with Crippen LogP contribution in [-0.4, -0.2) is 35.3 Å². The minimum Gasteiger partial charge on any atom is -0.300 e. The number of nitrogens with one attached hydrogen (secondary N) is 2. The Kier molecular flexibility index (Phi) is 2.82. The number of carbonyl (C=O) groups excluding carboxylic acids is 3. The molecule has 14 heavy (non-hydrogen) atoms. The number of carbonyl (C=O) groups is 3. The smallest absolute Gasteiger partial charge is 0.300 e. The van der Waals surface area contributed by atoms with Gasteiger partial charge in [0.15, 0.2) is 0 Å². The molecule has 1 atom stereocenters. The van der Waals surface area contributed by atoms with Gasteiger partial charge in [-0.1, -0.05) is 6.08 Å². The largest absolute Gasteiger partial charge is 0.325 e. The normalized spacial score (nSPS) is 17.6. The molecule has 0 aromatic carbocycles. The molecule has 1 saturated heterocycles. The maximum Gasteiger partial charge on any atom is 0.325 e. The Morgan fingerprint density at radius 1 is 1.71 bits per heavy atom. The Morgan fingerprint density at radius 3 is 2.71 bits per heavy atom. The molecule has 0 radical (unpaired) electrons. The van der Waals surface area contributed by atoms with Gasteiger partial charge in [0.05, 0.1) is 0 Å². The molecule has 7 heteroatoms. The molecule has 0 aromatic heterocycles. The Hall–Kier alpha value is -1.89. The summed E-state index contributed by atoms with van der Waals surface area (Å²) in [6, 6.07) is -1.55. The molecule has 0 aliphatic carbocycles. The predicted octanol–water partition coefficient (Wildman–Crippen LogP) is -1.92. The van der Waals surface area contributed by atoms with Crippen LogP contribution in [0.15, 0.2) is 12.7 Å². The first-order valence-corrected chi connectivity index (χ1v) is 3.83. The summed E-state index contributed by atoms with van der Waals surface area (Å²) in [4.78, 5) is 34.1. The van der Waals surface area contributed by atoms with Crippen LogP contribution in [-0.2, 0) is 9.59 Å². The van der Waals surface area contributed by atoms with Crippen molar-refractivity contribution in [2.45, 2.75) is 6.04 Å². The van der Waals surface area contributed by atoms with Crippen molar-refractivity contribution < 1.29 is 14.4 Å². The molecule has 76 valence electrons. The van der Waals surface area contributed by atoms with E-state index in [0.29, 0.717) is 0 Å².